The van der Waals surface area contributed by atoms with Gasteiger partial charge in [-0.15, -0.1) is 12.4 Å². The summed E-state index contributed by atoms with van der Waals surface area (Å²) in [4.78, 5) is 14.5. The Hall–Kier alpha value is -1.28. The molecule has 2 aliphatic heterocycles. The largest absolute Gasteiger partial charge is 0.323 e. The monoisotopic (exact) mass is 355 g/mol. The van der Waals surface area contributed by atoms with Crippen molar-refractivity contribution in [3.63, 3.8) is 0 Å². The van der Waals surface area contributed by atoms with Crippen LogP contribution in [0.3, 0.4) is 0 Å². The molecule has 2 N–H and O–H groups in total. The average Bonchev–Trinajstić information content (AvgIpc) is 2.97. The number of likely N-dealkylation sites (tertiary alicyclic amines) is 1. The van der Waals surface area contributed by atoms with Crippen molar-refractivity contribution in [3.8, 4) is 0 Å². The Labute approximate surface area is 146 Å². The minimum Gasteiger partial charge on any atom is -0.323 e. The zero-order valence-corrected chi connectivity index (χ0v) is 14.8. The van der Waals surface area contributed by atoms with Crippen LogP contribution in [0.25, 0.3) is 0 Å². The van der Waals surface area contributed by atoms with Crippen molar-refractivity contribution in [1.82, 2.24) is 10.2 Å². The number of anilines is 1. The number of piperidine rings is 1. The summed E-state index contributed by atoms with van der Waals surface area (Å²) in [5, 5.41) is 6.20. The SMILES string of the molecule is CNCC1CCCN(CC(=O)Nc2cccc3c2N=S=N3)C1.Cl. The van der Waals surface area contributed by atoms with Gasteiger partial charge in [-0.25, -0.2) is 0 Å². The topological polar surface area (TPSA) is 69.1 Å². The summed E-state index contributed by atoms with van der Waals surface area (Å²) in [6.07, 6.45) is 2.40. The van der Waals surface area contributed by atoms with Crippen molar-refractivity contribution in [2.45, 2.75) is 12.8 Å². The Morgan fingerprint density at radius 2 is 2.30 bits per heavy atom. The average molecular weight is 356 g/mol. The third kappa shape index (κ3) is 4.60. The molecule has 2 aliphatic rings. The quantitative estimate of drug-likeness (QED) is 0.866. The van der Waals surface area contributed by atoms with Gasteiger partial charge in [0.15, 0.2) is 0 Å². The Morgan fingerprint density at radius 3 is 3.13 bits per heavy atom. The minimum absolute atomic E-state index is 0. The lowest BCUT2D eigenvalue weighted by Crippen LogP contribution is -2.42. The Morgan fingerprint density at radius 1 is 1.43 bits per heavy atom. The molecule has 2 heterocycles. The van der Waals surface area contributed by atoms with Gasteiger partial charge in [0.2, 0.25) is 5.91 Å². The number of fused-ring (bicyclic) bond motifs is 1. The normalized spacial score (nSPS) is 19.6. The first-order valence-electron chi connectivity index (χ1n) is 7.64. The maximum atomic E-state index is 12.3. The first-order valence-corrected chi connectivity index (χ1v) is 8.37. The number of nitrogens with zero attached hydrogens (tertiary/aromatic N) is 3. The number of hydrogen-bond donors (Lipinski definition) is 2. The Balaban J connectivity index is 0.00000192. The van der Waals surface area contributed by atoms with E-state index in [2.05, 4.69) is 24.3 Å². The molecule has 3 rings (SSSR count). The smallest absolute Gasteiger partial charge is 0.238 e. The zero-order chi connectivity index (χ0) is 15.4. The molecular weight excluding hydrogens is 334 g/mol. The summed E-state index contributed by atoms with van der Waals surface area (Å²) >= 11 is 1.17. The predicted molar refractivity (Wildman–Crippen MR) is 97.0 cm³/mol. The number of hydrogen-bond acceptors (Lipinski definition) is 5. The predicted octanol–water partition coefficient (Wildman–Crippen LogP) is 2.70. The maximum absolute atomic E-state index is 12.3. The highest BCUT2D eigenvalue weighted by Crippen LogP contribution is 2.38. The van der Waals surface area contributed by atoms with Gasteiger partial charge in [0, 0.05) is 6.54 Å². The highest BCUT2D eigenvalue weighted by Gasteiger charge is 2.21. The van der Waals surface area contributed by atoms with Gasteiger partial charge >= 0.3 is 0 Å². The van der Waals surface area contributed by atoms with Gasteiger partial charge in [0.25, 0.3) is 0 Å². The first-order chi connectivity index (χ1) is 10.8. The van der Waals surface area contributed by atoms with E-state index in [1.54, 1.807) is 0 Å². The van der Waals surface area contributed by atoms with Gasteiger partial charge in [0.05, 0.1) is 23.6 Å². The number of nitrogens with one attached hydrogen (secondary N) is 2. The van der Waals surface area contributed by atoms with Crippen molar-refractivity contribution in [2.75, 3.05) is 38.5 Å². The first kappa shape index (κ1) is 18.1. The van der Waals surface area contributed by atoms with Crippen molar-refractivity contribution in [1.29, 1.82) is 0 Å². The van der Waals surface area contributed by atoms with Gasteiger partial charge in [-0.2, -0.15) is 8.73 Å². The van der Waals surface area contributed by atoms with Crippen LogP contribution in [0.5, 0.6) is 0 Å². The molecule has 0 spiro atoms. The molecule has 1 amide bonds. The van der Waals surface area contributed by atoms with Gasteiger partial charge < -0.3 is 10.6 Å². The molecule has 1 fully saturated rings. The number of carbonyl (C=O) groups is 1. The van der Waals surface area contributed by atoms with E-state index < -0.39 is 0 Å². The lowest BCUT2D eigenvalue weighted by Gasteiger charge is -2.32. The van der Waals surface area contributed by atoms with Crippen LogP contribution in [-0.2, 0) is 16.1 Å². The molecule has 0 bridgehead atoms. The summed E-state index contributed by atoms with van der Waals surface area (Å²) in [5.74, 6) is 0.656. The zero-order valence-electron chi connectivity index (χ0n) is 13.1. The van der Waals surface area contributed by atoms with Gasteiger partial charge in [-0.3, -0.25) is 9.69 Å². The molecule has 0 aromatic heterocycles. The molecule has 0 saturated carbocycles. The van der Waals surface area contributed by atoms with Crippen molar-refractivity contribution in [2.24, 2.45) is 14.6 Å². The van der Waals surface area contributed by atoms with Crippen molar-refractivity contribution in [3.05, 3.63) is 18.2 Å². The van der Waals surface area contributed by atoms with E-state index in [-0.39, 0.29) is 18.3 Å². The molecule has 23 heavy (non-hydrogen) atoms. The molecule has 1 saturated heterocycles. The molecule has 6 nitrogen and oxygen atoms in total. The van der Waals surface area contributed by atoms with E-state index in [1.165, 1.54) is 17.8 Å². The minimum atomic E-state index is 0. The summed E-state index contributed by atoms with van der Waals surface area (Å²) < 4.78 is 8.44. The van der Waals surface area contributed by atoms with Crippen LogP contribution in [0.1, 0.15) is 12.8 Å². The summed E-state index contributed by atoms with van der Waals surface area (Å²) in [6.45, 7) is 3.43. The van der Waals surface area contributed by atoms with E-state index in [9.17, 15) is 4.79 Å². The molecule has 1 atom stereocenters. The van der Waals surface area contributed by atoms with Gasteiger partial charge in [-0.05, 0) is 51.0 Å². The van der Waals surface area contributed by atoms with E-state index in [0.29, 0.717) is 12.5 Å². The number of rotatable bonds is 5. The van der Waals surface area contributed by atoms with Crippen LogP contribution >= 0.6 is 12.4 Å². The van der Waals surface area contributed by atoms with Crippen LogP contribution < -0.4 is 10.6 Å². The third-order valence-corrected chi connectivity index (χ3v) is 4.57. The van der Waals surface area contributed by atoms with Crippen molar-refractivity contribution >= 4 is 46.7 Å². The molecule has 126 valence electrons. The summed E-state index contributed by atoms with van der Waals surface area (Å²) in [6, 6.07) is 5.67. The third-order valence-electron chi connectivity index (χ3n) is 4.02. The standard InChI is InChI=1S/C15H21N5OS.ClH/c1-16-8-11-4-3-7-20(9-11)10-14(21)17-12-5-2-6-13-15(12)19-22-18-13;/h2,5-6,11,16H,3-4,7-10H2,1H3,(H,17,21);1H. The molecule has 8 heteroatoms. The molecule has 0 aliphatic carbocycles. The van der Waals surface area contributed by atoms with E-state index >= 15 is 0 Å². The van der Waals surface area contributed by atoms with Gasteiger partial charge in [0.1, 0.15) is 11.4 Å². The molecule has 1 aromatic carbocycles. The second-order valence-electron chi connectivity index (χ2n) is 5.79. The van der Waals surface area contributed by atoms with Gasteiger partial charge in [-0.1, -0.05) is 6.07 Å². The van der Waals surface area contributed by atoms with Crippen LogP contribution in [0.4, 0.5) is 17.1 Å². The fourth-order valence-electron chi connectivity index (χ4n) is 3.05. The number of amides is 1. The number of halogens is 1. The Bertz CT molecular complexity index is 630. The Kier molecular flexibility index (Phi) is 6.71. The fraction of sp³-hybridized carbons (Fsp3) is 0.533. The van der Waals surface area contributed by atoms with E-state index in [0.717, 1.165) is 43.1 Å². The molecule has 1 unspecified atom stereocenters. The number of carbonyl (C=O) groups excluding carboxylic acids is 1. The molecule has 0 radical (unpaired) electrons. The second kappa shape index (κ2) is 8.54. The van der Waals surface area contributed by atoms with E-state index in [1.807, 2.05) is 25.2 Å². The molecule has 1 aromatic rings. The fourth-order valence-corrected chi connectivity index (χ4v) is 3.60. The highest BCUT2D eigenvalue weighted by atomic mass is 35.5. The number of benzene rings is 1. The van der Waals surface area contributed by atoms with Crippen molar-refractivity contribution < 1.29 is 4.79 Å². The van der Waals surface area contributed by atoms with Crippen LogP contribution in [-0.4, -0.2) is 44.0 Å². The maximum Gasteiger partial charge on any atom is 0.238 e. The van der Waals surface area contributed by atoms with Crippen LogP contribution in [0.15, 0.2) is 26.9 Å². The summed E-state index contributed by atoms with van der Waals surface area (Å²) in [5.41, 5.74) is 2.35. The summed E-state index contributed by atoms with van der Waals surface area (Å²) in [7, 11) is 1.98. The molecular formula is C15H22ClN5OS. The second-order valence-corrected chi connectivity index (χ2v) is 6.32. The lowest BCUT2D eigenvalue weighted by atomic mass is 9.98. The lowest BCUT2D eigenvalue weighted by molar-refractivity contribution is -0.117. The van der Waals surface area contributed by atoms with Crippen LogP contribution in [0.2, 0.25) is 0 Å². The van der Waals surface area contributed by atoms with Crippen LogP contribution in [0, 0.1) is 5.92 Å². The van der Waals surface area contributed by atoms with E-state index in [4.69, 9.17) is 0 Å². The highest BCUT2D eigenvalue weighted by molar-refractivity contribution is 7.58.